The number of imide groups is 1. The summed E-state index contributed by atoms with van der Waals surface area (Å²) >= 11 is 1.36. The third-order valence-electron chi connectivity index (χ3n) is 3.14. The van der Waals surface area contributed by atoms with Gasteiger partial charge in [0, 0.05) is 19.4 Å². The average molecular weight is 291 g/mol. The molecule has 20 heavy (non-hydrogen) atoms. The van der Waals surface area contributed by atoms with Crippen LogP contribution in [0.4, 0.5) is 0 Å². The highest BCUT2D eigenvalue weighted by Crippen LogP contribution is 2.17. The Hall–Kier alpha value is -1.82. The van der Waals surface area contributed by atoms with Crippen LogP contribution < -0.4 is 0 Å². The summed E-state index contributed by atoms with van der Waals surface area (Å²) in [6, 6.07) is 5.93. The smallest absolute Gasteiger partial charge is 0.228 e. The van der Waals surface area contributed by atoms with Gasteiger partial charge in [-0.2, -0.15) is 0 Å². The second-order valence-electron chi connectivity index (χ2n) is 4.47. The van der Waals surface area contributed by atoms with Gasteiger partial charge in [0.25, 0.3) is 0 Å². The van der Waals surface area contributed by atoms with Gasteiger partial charge >= 0.3 is 0 Å². The number of benzene rings is 1. The van der Waals surface area contributed by atoms with Gasteiger partial charge in [0.05, 0.1) is 4.70 Å². The van der Waals surface area contributed by atoms with Crippen molar-refractivity contribution >= 4 is 33.6 Å². The summed E-state index contributed by atoms with van der Waals surface area (Å²) in [5, 5.41) is 4.03. The lowest BCUT2D eigenvalue weighted by atomic mass is 10.1. The van der Waals surface area contributed by atoms with E-state index in [0.717, 1.165) is 15.8 Å². The van der Waals surface area contributed by atoms with Crippen molar-refractivity contribution in [2.24, 2.45) is 0 Å². The molecule has 1 aromatic carbocycles. The SMILES string of the molecule is CCC(=O)N(CCc1ccc2snnc2c1)C(=O)CC. The predicted molar refractivity (Wildman–Crippen MR) is 78.4 cm³/mol. The maximum Gasteiger partial charge on any atom is 0.228 e. The molecule has 0 radical (unpaired) electrons. The molecule has 6 heteroatoms. The van der Waals surface area contributed by atoms with Gasteiger partial charge in [-0.3, -0.25) is 14.5 Å². The normalized spacial score (nSPS) is 10.7. The molecule has 1 aromatic heterocycles. The monoisotopic (exact) mass is 291 g/mol. The number of fused-ring (bicyclic) bond motifs is 1. The van der Waals surface area contributed by atoms with Gasteiger partial charge in [-0.15, -0.1) is 5.10 Å². The highest BCUT2D eigenvalue weighted by molar-refractivity contribution is 7.12. The van der Waals surface area contributed by atoms with Gasteiger partial charge in [-0.05, 0) is 35.6 Å². The van der Waals surface area contributed by atoms with Gasteiger partial charge in [0.2, 0.25) is 11.8 Å². The molecule has 0 saturated carbocycles. The van der Waals surface area contributed by atoms with Gasteiger partial charge < -0.3 is 0 Å². The largest absolute Gasteiger partial charge is 0.282 e. The number of rotatable bonds is 5. The Bertz CT molecular complexity index is 608. The number of nitrogens with zero attached hydrogens (tertiary/aromatic N) is 3. The Labute approximate surface area is 121 Å². The summed E-state index contributed by atoms with van der Waals surface area (Å²) in [7, 11) is 0. The van der Waals surface area contributed by atoms with Crippen LogP contribution in [0.15, 0.2) is 18.2 Å². The van der Waals surface area contributed by atoms with Crippen molar-refractivity contribution in [3.63, 3.8) is 0 Å². The van der Waals surface area contributed by atoms with E-state index in [1.165, 1.54) is 16.4 Å². The molecule has 2 amide bonds. The molecule has 0 saturated heterocycles. The molecule has 0 bridgehead atoms. The Balaban J connectivity index is 2.07. The number of aromatic nitrogens is 2. The first kappa shape index (κ1) is 14.6. The molecule has 0 atom stereocenters. The van der Waals surface area contributed by atoms with Crippen molar-refractivity contribution < 1.29 is 9.59 Å². The van der Waals surface area contributed by atoms with Crippen molar-refractivity contribution in [2.75, 3.05) is 6.54 Å². The second-order valence-corrected chi connectivity index (χ2v) is 5.26. The first-order chi connectivity index (χ1) is 9.65. The summed E-state index contributed by atoms with van der Waals surface area (Å²) in [6.45, 7) is 3.96. The van der Waals surface area contributed by atoms with Crippen LogP contribution in [0.1, 0.15) is 32.3 Å². The fourth-order valence-electron chi connectivity index (χ4n) is 1.99. The lowest BCUT2D eigenvalue weighted by Crippen LogP contribution is -2.37. The van der Waals surface area contributed by atoms with Gasteiger partial charge in [0.1, 0.15) is 5.52 Å². The van der Waals surface area contributed by atoms with Crippen LogP contribution in [-0.2, 0) is 16.0 Å². The first-order valence-corrected chi connectivity index (χ1v) is 7.47. The van der Waals surface area contributed by atoms with Crippen LogP contribution in [-0.4, -0.2) is 32.8 Å². The highest BCUT2D eigenvalue weighted by Gasteiger charge is 2.17. The summed E-state index contributed by atoms with van der Waals surface area (Å²) < 4.78 is 4.94. The summed E-state index contributed by atoms with van der Waals surface area (Å²) in [5.41, 5.74) is 1.92. The van der Waals surface area contributed by atoms with Crippen LogP contribution >= 0.6 is 11.5 Å². The zero-order valence-electron chi connectivity index (χ0n) is 11.6. The molecule has 106 valence electrons. The van der Waals surface area contributed by atoms with Gasteiger partial charge in [0.15, 0.2) is 0 Å². The number of carbonyl (C=O) groups is 2. The van der Waals surface area contributed by atoms with Crippen molar-refractivity contribution in [1.82, 2.24) is 14.5 Å². The number of hydrogen-bond acceptors (Lipinski definition) is 5. The molecule has 0 fully saturated rings. The molecule has 0 aliphatic carbocycles. The second kappa shape index (κ2) is 6.56. The van der Waals surface area contributed by atoms with E-state index in [9.17, 15) is 9.59 Å². The third kappa shape index (κ3) is 3.19. The quantitative estimate of drug-likeness (QED) is 0.848. The maximum absolute atomic E-state index is 11.8. The molecule has 2 aromatic rings. The fourth-order valence-corrected chi connectivity index (χ4v) is 2.53. The Kier molecular flexibility index (Phi) is 4.79. The lowest BCUT2D eigenvalue weighted by Gasteiger charge is -2.19. The fraction of sp³-hybridized carbons (Fsp3) is 0.429. The zero-order valence-corrected chi connectivity index (χ0v) is 12.4. The Morgan fingerprint density at radius 2 is 1.90 bits per heavy atom. The van der Waals surface area contributed by atoms with E-state index in [0.29, 0.717) is 25.8 Å². The van der Waals surface area contributed by atoms with E-state index in [2.05, 4.69) is 9.59 Å². The molecular weight excluding hydrogens is 274 g/mol. The first-order valence-electron chi connectivity index (χ1n) is 6.69. The van der Waals surface area contributed by atoms with Gasteiger partial charge in [-0.25, -0.2) is 0 Å². The van der Waals surface area contributed by atoms with E-state index in [1.807, 2.05) is 18.2 Å². The Morgan fingerprint density at radius 1 is 1.20 bits per heavy atom. The van der Waals surface area contributed by atoms with Crippen LogP contribution in [0, 0.1) is 0 Å². The van der Waals surface area contributed by atoms with Crippen LogP contribution in [0.3, 0.4) is 0 Å². The minimum atomic E-state index is -0.117. The lowest BCUT2D eigenvalue weighted by molar-refractivity contribution is -0.144. The summed E-state index contributed by atoms with van der Waals surface area (Å²) in [6.07, 6.45) is 1.34. The van der Waals surface area contributed by atoms with E-state index in [-0.39, 0.29) is 11.8 Å². The molecule has 0 N–H and O–H groups in total. The molecule has 0 unspecified atom stereocenters. The molecule has 1 heterocycles. The van der Waals surface area contributed by atoms with E-state index >= 15 is 0 Å². The van der Waals surface area contributed by atoms with Crippen LogP contribution in [0.25, 0.3) is 10.2 Å². The van der Waals surface area contributed by atoms with Crippen LogP contribution in [0.2, 0.25) is 0 Å². The molecule has 5 nitrogen and oxygen atoms in total. The third-order valence-corrected chi connectivity index (χ3v) is 3.85. The van der Waals surface area contributed by atoms with Gasteiger partial charge in [-0.1, -0.05) is 24.4 Å². The van der Waals surface area contributed by atoms with Crippen molar-refractivity contribution in [3.8, 4) is 0 Å². The highest BCUT2D eigenvalue weighted by atomic mass is 32.1. The minimum Gasteiger partial charge on any atom is -0.282 e. The summed E-state index contributed by atoms with van der Waals surface area (Å²) in [4.78, 5) is 24.9. The van der Waals surface area contributed by atoms with Crippen molar-refractivity contribution in [3.05, 3.63) is 23.8 Å². The zero-order chi connectivity index (χ0) is 14.5. The molecule has 0 aliphatic heterocycles. The molecular formula is C14H17N3O2S. The molecule has 2 rings (SSSR count). The minimum absolute atomic E-state index is 0.117. The van der Waals surface area contributed by atoms with Crippen molar-refractivity contribution in [1.29, 1.82) is 0 Å². The standard InChI is InChI=1S/C14H17N3O2S/c1-3-13(18)17(14(19)4-2)8-7-10-5-6-12-11(9-10)15-16-20-12/h5-6,9H,3-4,7-8H2,1-2H3. The average Bonchev–Trinajstić information content (AvgIpc) is 2.94. The topological polar surface area (TPSA) is 63.2 Å². The maximum atomic E-state index is 11.8. The summed E-state index contributed by atoms with van der Waals surface area (Å²) in [5.74, 6) is -0.235. The Morgan fingerprint density at radius 3 is 2.55 bits per heavy atom. The molecule has 0 aliphatic rings. The molecule has 0 spiro atoms. The predicted octanol–water partition coefficient (Wildman–Crippen LogP) is 2.41. The number of hydrogen-bond donors (Lipinski definition) is 0. The van der Waals surface area contributed by atoms with Crippen molar-refractivity contribution in [2.45, 2.75) is 33.1 Å². The van der Waals surface area contributed by atoms with E-state index in [1.54, 1.807) is 13.8 Å². The number of amides is 2. The van der Waals surface area contributed by atoms with E-state index in [4.69, 9.17) is 0 Å². The van der Waals surface area contributed by atoms with E-state index < -0.39 is 0 Å². The van der Waals surface area contributed by atoms with Crippen LogP contribution in [0.5, 0.6) is 0 Å². The number of carbonyl (C=O) groups excluding carboxylic acids is 2.